The number of benzene rings is 1. The van der Waals surface area contributed by atoms with E-state index in [1.165, 1.54) is 24.0 Å². The first kappa shape index (κ1) is 12.1. The van der Waals surface area contributed by atoms with Crippen molar-refractivity contribution in [3.63, 3.8) is 0 Å². The molecule has 0 saturated heterocycles. The Hall–Kier alpha value is -0.980. The third-order valence-electron chi connectivity index (χ3n) is 2.41. The lowest BCUT2D eigenvalue weighted by atomic mass is 10.0. The smallest absolute Gasteiger partial charge is 0.119 e. The molecule has 0 aliphatic carbocycles. The lowest BCUT2D eigenvalue weighted by molar-refractivity contribution is 0.339. The lowest BCUT2D eigenvalue weighted by Crippen LogP contribution is -1.95. The molecular weight excluding hydrogens is 184 g/mol. The van der Waals surface area contributed by atoms with Crippen LogP contribution in [0.2, 0.25) is 0 Å². The van der Waals surface area contributed by atoms with E-state index >= 15 is 0 Å². The second kappa shape index (κ2) is 6.49. The number of rotatable bonds is 6. The first-order valence-corrected chi connectivity index (χ1v) is 6.05. The molecule has 0 fully saturated rings. The Balaban J connectivity index is 2.86. The van der Waals surface area contributed by atoms with Crippen LogP contribution in [0.4, 0.5) is 0 Å². The fourth-order valence-electron chi connectivity index (χ4n) is 1.84. The van der Waals surface area contributed by atoms with Gasteiger partial charge in [0, 0.05) is 0 Å². The summed E-state index contributed by atoms with van der Waals surface area (Å²) in [5, 5.41) is 0. The van der Waals surface area contributed by atoms with E-state index in [-0.39, 0.29) is 0 Å². The molecule has 1 nitrogen and oxygen atoms in total. The molecule has 1 aromatic rings. The number of ether oxygens (including phenoxy) is 1. The molecule has 1 rings (SSSR count). The zero-order chi connectivity index (χ0) is 11.1. The molecule has 1 heteroatoms. The summed E-state index contributed by atoms with van der Waals surface area (Å²) >= 11 is 0. The van der Waals surface area contributed by atoms with E-state index in [1.807, 2.05) is 6.92 Å². The normalized spacial score (nSPS) is 10.3. The van der Waals surface area contributed by atoms with Crippen LogP contribution in [-0.4, -0.2) is 6.61 Å². The molecule has 0 radical (unpaired) electrons. The maximum atomic E-state index is 5.58. The van der Waals surface area contributed by atoms with E-state index in [2.05, 4.69) is 32.0 Å². The lowest BCUT2D eigenvalue weighted by Gasteiger charge is -2.09. The SMILES string of the molecule is CCCc1cc(CCC)cc(OCC)c1. The first-order chi connectivity index (χ1) is 7.30. The van der Waals surface area contributed by atoms with Gasteiger partial charge in [0.1, 0.15) is 5.75 Å². The molecule has 0 aliphatic heterocycles. The van der Waals surface area contributed by atoms with E-state index in [0.717, 1.165) is 25.2 Å². The summed E-state index contributed by atoms with van der Waals surface area (Å²) in [6, 6.07) is 6.66. The molecule has 84 valence electrons. The van der Waals surface area contributed by atoms with Crippen molar-refractivity contribution in [2.24, 2.45) is 0 Å². The minimum atomic E-state index is 0.751. The van der Waals surface area contributed by atoms with Crippen molar-refractivity contribution in [3.8, 4) is 5.75 Å². The van der Waals surface area contributed by atoms with Crippen LogP contribution in [-0.2, 0) is 12.8 Å². The first-order valence-electron chi connectivity index (χ1n) is 6.05. The van der Waals surface area contributed by atoms with Gasteiger partial charge >= 0.3 is 0 Å². The van der Waals surface area contributed by atoms with Crippen molar-refractivity contribution >= 4 is 0 Å². The van der Waals surface area contributed by atoms with Crippen molar-refractivity contribution in [1.29, 1.82) is 0 Å². The Morgan fingerprint density at radius 1 is 0.867 bits per heavy atom. The quantitative estimate of drug-likeness (QED) is 0.684. The highest BCUT2D eigenvalue weighted by molar-refractivity contribution is 5.34. The topological polar surface area (TPSA) is 9.23 Å². The summed E-state index contributed by atoms with van der Waals surface area (Å²) in [6.45, 7) is 7.22. The highest BCUT2D eigenvalue weighted by Crippen LogP contribution is 2.19. The zero-order valence-electron chi connectivity index (χ0n) is 10.2. The van der Waals surface area contributed by atoms with Crippen molar-refractivity contribution in [3.05, 3.63) is 29.3 Å². The summed E-state index contributed by atoms with van der Waals surface area (Å²) in [6.07, 6.45) is 4.69. The number of hydrogen-bond acceptors (Lipinski definition) is 1. The van der Waals surface area contributed by atoms with E-state index in [1.54, 1.807) is 0 Å². The average Bonchev–Trinajstić information content (AvgIpc) is 2.19. The molecule has 0 aliphatic rings. The molecule has 1 aromatic carbocycles. The van der Waals surface area contributed by atoms with Crippen molar-refractivity contribution in [2.75, 3.05) is 6.61 Å². The van der Waals surface area contributed by atoms with E-state index in [0.29, 0.717) is 0 Å². The van der Waals surface area contributed by atoms with Crippen molar-refractivity contribution in [2.45, 2.75) is 46.5 Å². The highest BCUT2D eigenvalue weighted by Gasteiger charge is 2.01. The molecule has 0 unspecified atom stereocenters. The Bertz CT molecular complexity index is 231. The number of aryl methyl sites for hydroxylation is 2. The fourth-order valence-corrected chi connectivity index (χ4v) is 1.84. The van der Waals surface area contributed by atoms with E-state index in [4.69, 9.17) is 4.74 Å². The minimum absolute atomic E-state index is 0.751. The minimum Gasteiger partial charge on any atom is -0.494 e. The van der Waals surface area contributed by atoms with Gasteiger partial charge in [0.05, 0.1) is 6.61 Å². The van der Waals surface area contributed by atoms with Gasteiger partial charge in [0.2, 0.25) is 0 Å². The molecule has 0 heterocycles. The van der Waals surface area contributed by atoms with Crippen LogP contribution in [0.5, 0.6) is 5.75 Å². The van der Waals surface area contributed by atoms with Crippen LogP contribution in [0, 0.1) is 0 Å². The molecule has 0 spiro atoms. The fraction of sp³-hybridized carbons (Fsp3) is 0.571. The maximum Gasteiger partial charge on any atom is 0.119 e. The van der Waals surface area contributed by atoms with Gasteiger partial charge in [-0.3, -0.25) is 0 Å². The average molecular weight is 206 g/mol. The van der Waals surface area contributed by atoms with Crippen LogP contribution in [0.15, 0.2) is 18.2 Å². The second-order valence-electron chi connectivity index (χ2n) is 3.92. The summed E-state index contributed by atoms with van der Waals surface area (Å²) in [4.78, 5) is 0. The molecule has 0 aromatic heterocycles. The molecule has 0 atom stereocenters. The predicted octanol–water partition coefficient (Wildman–Crippen LogP) is 3.99. The Labute approximate surface area is 93.5 Å². The Morgan fingerprint density at radius 2 is 1.40 bits per heavy atom. The maximum absolute atomic E-state index is 5.58. The van der Waals surface area contributed by atoms with Gasteiger partial charge in [-0.1, -0.05) is 32.8 Å². The summed E-state index contributed by atoms with van der Waals surface area (Å²) in [5.41, 5.74) is 2.82. The van der Waals surface area contributed by atoms with Crippen molar-refractivity contribution in [1.82, 2.24) is 0 Å². The highest BCUT2D eigenvalue weighted by atomic mass is 16.5. The van der Waals surface area contributed by atoms with Gasteiger partial charge in [-0.05, 0) is 43.0 Å². The largest absolute Gasteiger partial charge is 0.494 e. The predicted molar refractivity (Wildman–Crippen MR) is 65.6 cm³/mol. The van der Waals surface area contributed by atoms with Crippen LogP contribution >= 0.6 is 0 Å². The van der Waals surface area contributed by atoms with E-state index < -0.39 is 0 Å². The zero-order valence-corrected chi connectivity index (χ0v) is 10.2. The van der Waals surface area contributed by atoms with Gasteiger partial charge in [-0.15, -0.1) is 0 Å². The van der Waals surface area contributed by atoms with E-state index in [9.17, 15) is 0 Å². The molecule has 0 amide bonds. The molecule has 0 bridgehead atoms. The van der Waals surface area contributed by atoms with Crippen LogP contribution in [0.3, 0.4) is 0 Å². The van der Waals surface area contributed by atoms with Gasteiger partial charge in [-0.2, -0.15) is 0 Å². The standard InChI is InChI=1S/C14H22O/c1-4-7-12-9-13(8-5-2)11-14(10-12)15-6-3/h9-11H,4-8H2,1-3H3. The van der Waals surface area contributed by atoms with Crippen LogP contribution in [0.25, 0.3) is 0 Å². The second-order valence-corrected chi connectivity index (χ2v) is 3.92. The Morgan fingerprint density at radius 3 is 1.80 bits per heavy atom. The number of hydrogen-bond donors (Lipinski definition) is 0. The molecule has 0 N–H and O–H groups in total. The van der Waals surface area contributed by atoms with Gasteiger partial charge in [-0.25, -0.2) is 0 Å². The molecule has 0 saturated carbocycles. The van der Waals surface area contributed by atoms with Crippen LogP contribution < -0.4 is 4.74 Å². The summed E-state index contributed by atoms with van der Waals surface area (Å²) in [5.74, 6) is 1.03. The van der Waals surface area contributed by atoms with Gasteiger partial charge in [0.25, 0.3) is 0 Å². The van der Waals surface area contributed by atoms with Crippen LogP contribution in [0.1, 0.15) is 44.7 Å². The van der Waals surface area contributed by atoms with Gasteiger partial charge < -0.3 is 4.74 Å². The third-order valence-corrected chi connectivity index (χ3v) is 2.41. The van der Waals surface area contributed by atoms with Crippen molar-refractivity contribution < 1.29 is 4.74 Å². The van der Waals surface area contributed by atoms with Gasteiger partial charge in [0.15, 0.2) is 0 Å². The molecule has 15 heavy (non-hydrogen) atoms. The molecular formula is C14H22O. The Kier molecular flexibility index (Phi) is 5.23. The monoisotopic (exact) mass is 206 g/mol. The summed E-state index contributed by atoms with van der Waals surface area (Å²) in [7, 11) is 0. The summed E-state index contributed by atoms with van der Waals surface area (Å²) < 4.78 is 5.58. The third kappa shape index (κ3) is 3.94.